The van der Waals surface area contributed by atoms with E-state index in [-0.39, 0.29) is 17.8 Å². The molecular weight excluding hydrogens is 422 g/mol. The zero-order valence-corrected chi connectivity index (χ0v) is 20.3. The summed E-state index contributed by atoms with van der Waals surface area (Å²) < 4.78 is 40.5. The summed E-state index contributed by atoms with van der Waals surface area (Å²) in [6.07, 6.45) is 10.4. The van der Waals surface area contributed by atoms with Gasteiger partial charge in [0.05, 0.1) is 19.3 Å². The number of hydrogen-bond acceptors (Lipinski definition) is 4. The van der Waals surface area contributed by atoms with Crippen molar-refractivity contribution < 1.29 is 18.3 Å². The lowest BCUT2D eigenvalue weighted by molar-refractivity contribution is -0.0220. The van der Waals surface area contributed by atoms with Gasteiger partial charge in [0, 0.05) is 26.2 Å². The first-order valence-electron chi connectivity index (χ1n) is 12.7. The molecule has 0 amide bonds. The minimum Gasteiger partial charge on any atom is -0.491 e. The molecule has 182 valence electrons. The van der Waals surface area contributed by atoms with Gasteiger partial charge in [-0.2, -0.15) is 4.39 Å². The normalized spacial score (nSPS) is 28.3. The minimum absolute atomic E-state index is 0.00731. The number of amidine groups is 1. The molecule has 1 aromatic carbocycles. The van der Waals surface area contributed by atoms with Gasteiger partial charge in [0.15, 0.2) is 11.6 Å². The number of nitrogens with zero attached hydrogens (tertiary/aromatic N) is 2. The van der Waals surface area contributed by atoms with E-state index in [2.05, 4.69) is 23.9 Å². The lowest BCUT2D eigenvalue weighted by atomic mass is 9.72. The average molecular weight is 461 g/mol. The monoisotopic (exact) mass is 460 g/mol. The Bertz CT molecular complexity index is 869. The van der Waals surface area contributed by atoms with E-state index >= 15 is 0 Å². The minimum atomic E-state index is -0.850. The Morgan fingerprint density at radius 2 is 1.79 bits per heavy atom. The quantitative estimate of drug-likeness (QED) is 0.468. The largest absolute Gasteiger partial charge is 0.491 e. The summed E-state index contributed by atoms with van der Waals surface area (Å²) in [7, 11) is 2.12. The van der Waals surface area contributed by atoms with E-state index in [0.717, 1.165) is 63.9 Å². The Morgan fingerprint density at radius 3 is 2.42 bits per heavy atom. The maximum Gasteiger partial charge on any atom is 0.200 e. The van der Waals surface area contributed by atoms with Gasteiger partial charge in [0.25, 0.3) is 0 Å². The first-order valence-corrected chi connectivity index (χ1v) is 12.7. The number of ether oxygens (including phenoxy) is 2. The Balaban J connectivity index is 1.28. The fourth-order valence-corrected chi connectivity index (χ4v) is 5.79. The summed E-state index contributed by atoms with van der Waals surface area (Å²) in [6.45, 7) is 5.97. The van der Waals surface area contributed by atoms with Gasteiger partial charge in [-0.05, 0) is 86.8 Å². The average Bonchev–Trinajstić information content (AvgIpc) is 2.84. The maximum absolute atomic E-state index is 14.6. The van der Waals surface area contributed by atoms with Crippen molar-refractivity contribution in [2.45, 2.75) is 77.2 Å². The Morgan fingerprint density at radius 1 is 1.03 bits per heavy atom. The van der Waals surface area contributed by atoms with Crippen LogP contribution >= 0.6 is 0 Å². The van der Waals surface area contributed by atoms with E-state index in [1.54, 1.807) is 19.1 Å². The third-order valence-corrected chi connectivity index (χ3v) is 7.69. The summed E-state index contributed by atoms with van der Waals surface area (Å²) in [6, 6.07) is 3.29. The number of likely N-dealkylation sites (N-methyl/N-ethyl adjacent to an activating group) is 1. The van der Waals surface area contributed by atoms with Gasteiger partial charge in [0.2, 0.25) is 5.82 Å². The molecule has 0 spiro atoms. The number of rotatable bonds is 7. The fraction of sp³-hybridized carbons (Fsp3) is 0.667. The number of hydrogen-bond donors (Lipinski definition) is 0. The van der Waals surface area contributed by atoms with Gasteiger partial charge < -0.3 is 14.4 Å². The van der Waals surface area contributed by atoms with Crippen molar-refractivity contribution in [3.05, 3.63) is 41.1 Å². The van der Waals surface area contributed by atoms with E-state index in [1.165, 1.54) is 12.0 Å². The van der Waals surface area contributed by atoms with Crippen LogP contribution in [0.4, 0.5) is 8.78 Å². The highest BCUT2D eigenvalue weighted by molar-refractivity contribution is 5.83. The first kappa shape index (κ1) is 24.2. The molecule has 2 heterocycles. The fourth-order valence-electron chi connectivity index (χ4n) is 5.79. The van der Waals surface area contributed by atoms with Crippen molar-refractivity contribution in [3.63, 3.8) is 0 Å². The van der Waals surface area contributed by atoms with Crippen molar-refractivity contribution in [2.24, 2.45) is 16.8 Å². The second-order valence-corrected chi connectivity index (χ2v) is 9.84. The number of aliphatic imine (C=N–C) groups is 1. The van der Waals surface area contributed by atoms with Gasteiger partial charge >= 0.3 is 0 Å². The van der Waals surface area contributed by atoms with E-state index in [4.69, 9.17) is 9.47 Å². The Kier molecular flexibility index (Phi) is 8.05. The number of benzene rings is 1. The molecule has 4 nitrogen and oxygen atoms in total. The van der Waals surface area contributed by atoms with Crippen molar-refractivity contribution in [3.8, 4) is 5.75 Å². The van der Waals surface area contributed by atoms with Gasteiger partial charge in [-0.1, -0.05) is 13.0 Å². The lowest BCUT2D eigenvalue weighted by Crippen LogP contribution is -2.38. The van der Waals surface area contributed by atoms with Gasteiger partial charge in [-0.25, -0.2) is 9.38 Å². The maximum atomic E-state index is 14.6. The molecule has 1 saturated carbocycles. The smallest absolute Gasteiger partial charge is 0.200 e. The summed E-state index contributed by atoms with van der Waals surface area (Å²) in [5.41, 5.74) is 1.79. The summed E-state index contributed by atoms with van der Waals surface area (Å²) in [4.78, 5) is 6.92. The molecule has 0 aromatic heterocycles. The summed E-state index contributed by atoms with van der Waals surface area (Å²) >= 11 is 0. The molecule has 3 aliphatic rings. The number of halogens is 2. The van der Waals surface area contributed by atoms with Crippen molar-refractivity contribution in [1.29, 1.82) is 0 Å². The molecule has 2 atom stereocenters. The highest BCUT2D eigenvalue weighted by Crippen LogP contribution is 2.43. The van der Waals surface area contributed by atoms with E-state index < -0.39 is 11.6 Å². The Hall–Kier alpha value is -1.95. The third-order valence-electron chi connectivity index (χ3n) is 7.69. The highest BCUT2D eigenvalue weighted by atomic mass is 19.2. The van der Waals surface area contributed by atoms with Crippen molar-refractivity contribution in [2.75, 3.05) is 26.8 Å². The van der Waals surface area contributed by atoms with Crippen LogP contribution in [0.5, 0.6) is 5.75 Å². The molecule has 2 unspecified atom stereocenters. The highest BCUT2D eigenvalue weighted by Gasteiger charge is 2.34. The van der Waals surface area contributed by atoms with Crippen LogP contribution in [0, 0.1) is 23.5 Å². The Labute approximate surface area is 197 Å². The second-order valence-electron chi connectivity index (χ2n) is 9.84. The molecule has 0 N–H and O–H groups in total. The van der Waals surface area contributed by atoms with Gasteiger partial charge in [-0.3, -0.25) is 0 Å². The molecule has 33 heavy (non-hydrogen) atoms. The first-order chi connectivity index (χ1) is 16.0. The lowest BCUT2D eigenvalue weighted by Gasteiger charge is -2.39. The van der Waals surface area contributed by atoms with Crippen LogP contribution in [0.25, 0.3) is 0 Å². The molecule has 0 radical (unpaired) electrons. The van der Waals surface area contributed by atoms with Gasteiger partial charge in [0.1, 0.15) is 5.84 Å². The zero-order valence-electron chi connectivity index (χ0n) is 20.3. The molecule has 2 aliphatic heterocycles. The summed E-state index contributed by atoms with van der Waals surface area (Å²) in [5, 5.41) is 0. The van der Waals surface area contributed by atoms with Crippen molar-refractivity contribution in [1.82, 2.24) is 4.90 Å². The van der Waals surface area contributed by atoms with E-state index in [9.17, 15) is 8.78 Å². The zero-order chi connectivity index (χ0) is 23.4. The molecule has 0 bridgehead atoms. The van der Waals surface area contributed by atoms with Crippen LogP contribution in [0.15, 0.2) is 28.9 Å². The predicted molar refractivity (Wildman–Crippen MR) is 128 cm³/mol. The molecule has 2 fully saturated rings. The van der Waals surface area contributed by atoms with Crippen LogP contribution in [0.3, 0.4) is 0 Å². The molecule has 1 aromatic rings. The molecule has 6 heteroatoms. The van der Waals surface area contributed by atoms with E-state index in [0.29, 0.717) is 24.0 Å². The van der Waals surface area contributed by atoms with Crippen LogP contribution < -0.4 is 4.74 Å². The SMILES string of the molecule is CCCC1=NC=C(C2CCC(C3CCC(c4ccc(OCC)c(F)c4F)CC3)CO2)CN1C. The van der Waals surface area contributed by atoms with Crippen molar-refractivity contribution >= 4 is 5.84 Å². The standard InChI is InChI=1S/C27H38F2N2O2/c1-4-6-25-30-15-21(16-31(25)3)23-13-11-20(17-33-23)18-7-9-19(10-8-18)22-12-14-24(32-5-2)27(29)26(22)28/h12,14-15,18-20,23H,4-11,13,16-17H2,1-3H3. The second kappa shape index (κ2) is 11.0. The van der Waals surface area contributed by atoms with Crippen LogP contribution in [0.1, 0.15) is 76.7 Å². The molecule has 4 rings (SSSR count). The predicted octanol–water partition coefficient (Wildman–Crippen LogP) is 6.46. The van der Waals surface area contributed by atoms with Gasteiger partial charge in [-0.15, -0.1) is 0 Å². The van der Waals surface area contributed by atoms with E-state index in [1.807, 2.05) is 6.20 Å². The van der Waals surface area contributed by atoms with Crippen LogP contribution in [-0.4, -0.2) is 43.6 Å². The van der Waals surface area contributed by atoms with Crippen LogP contribution in [0.2, 0.25) is 0 Å². The summed E-state index contributed by atoms with van der Waals surface area (Å²) in [5.74, 6) is 0.839. The molecule has 1 saturated heterocycles. The topological polar surface area (TPSA) is 34.1 Å². The van der Waals surface area contributed by atoms with Crippen LogP contribution in [-0.2, 0) is 4.74 Å². The molecular formula is C27H38F2N2O2. The molecule has 1 aliphatic carbocycles. The third kappa shape index (κ3) is 5.42.